The van der Waals surface area contributed by atoms with Crippen LogP contribution < -0.4 is 10.5 Å². The second-order valence-electron chi connectivity index (χ2n) is 3.66. The average molecular weight is 255 g/mol. The maximum atomic E-state index is 10.6. The Balaban J connectivity index is 2.40. The third-order valence-corrected chi connectivity index (χ3v) is 2.14. The molecule has 0 aliphatic carbocycles. The number of unbranched alkanes of at least 4 members (excludes halogenated alkanes) is 1. The Labute approximate surface area is 105 Å². The molecule has 1 heterocycles. The number of hydrogen-bond acceptors (Lipinski definition) is 6. The number of ether oxygens (including phenoxy) is 2. The normalized spacial score (nSPS) is 10.3. The van der Waals surface area contributed by atoms with Crippen molar-refractivity contribution in [3.63, 3.8) is 0 Å². The number of nitrogen functional groups attached to an aromatic ring is 1. The molecule has 0 fully saturated rings. The van der Waals surface area contributed by atoms with Crippen LogP contribution in [0.2, 0.25) is 0 Å². The van der Waals surface area contributed by atoms with Crippen LogP contribution in [0, 0.1) is 10.1 Å². The molecule has 100 valence electrons. The van der Waals surface area contributed by atoms with Crippen LogP contribution in [0.1, 0.15) is 19.8 Å². The molecule has 7 heteroatoms. The molecule has 7 nitrogen and oxygen atoms in total. The molecule has 0 saturated carbocycles. The summed E-state index contributed by atoms with van der Waals surface area (Å²) in [5, 5.41) is 10.6. The fourth-order valence-electron chi connectivity index (χ4n) is 1.24. The van der Waals surface area contributed by atoms with Gasteiger partial charge < -0.3 is 15.2 Å². The molecule has 1 aromatic heterocycles. The molecule has 0 aliphatic rings. The quantitative estimate of drug-likeness (QED) is 0.431. The van der Waals surface area contributed by atoms with Crippen molar-refractivity contribution in [3.05, 3.63) is 22.2 Å². The van der Waals surface area contributed by atoms with Crippen LogP contribution in [0.4, 0.5) is 11.5 Å². The van der Waals surface area contributed by atoms with Gasteiger partial charge in [-0.05, 0) is 6.42 Å². The van der Waals surface area contributed by atoms with E-state index in [1.807, 2.05) is 0 Å². The Kier molecular flexibility index (Phi) is 5.86. The molecule has 0 bridgehead atoms. The van der Waals surface area contributed by atoms with Crippen molar-refractivity contribution in [1.29, 1.82) is 0 Å². The van der Waals surface area contributed by atoms with Crippen molar-refractivity contribution in [2.24, 2.45) is 0 Å². The molecule has 0 aromatic carbocycles. The average Bonchev–Trinajstić information content (AvgIpc) is 2.33. The zero-order valence-corrected chi connectivity index (χ0v) is 10.3. The number of nitro groups is 1. The van der Waals surface area contributed by atoms with Gasteiger partial charge in [0.25, 0.3) is 5.69 Å². The van der Waals surface area contributed by atoms with Crippen molar-refractivity contribution >= 4 is 11.5 Å². The van der Waals surface area contributed by atoms with E-state index in [4.69, 9.17) is 15.2 Å². The smallest absolute Gasteiger partial charge is 0.278 e. The zero-order valence-electron chi connectivity index (χ0n) is 10.3. The van der Waals surface area contributed by atoms with E-state index >= 15 is 0 Å². The lowest BCUT2D eigenvalue weighted by atomic mass is 10.4. The number of pyridine rings is 1. The zero-order chi connectivity index (χ0) is 13.4. The highest BCUT2D eigenvalue weighted by Crippen LogP contribution is 2.20. The van der Waals surface area contributed by atoms with Crippen LogP contribution >= 0.6 is 0 Å². The van der Waals surface area contributed by atoms with E-state index in [-0.39, 0.29) is 24.0 Å². The van der Waals surface area contributed by atoms with Gasteiger partial charge in [0.2, 0.25) is 5.88 Å². The monoisotopic (exact) mass is 255 g/mol. The molecular formula is C11H17N3O4. The summed E-state index contributed by atoms with van der Waals surface area (Å²) in [6.07, 6.45) is 2.08. The third kappa shape index (κ3) is 4.96. The minimum atomic E-state index is -0.539. The van der Waals surface area contributed by atoms with Gasteiger partial charge in [-0.25, -0.2) is 0 Å². The van der Waals surface area contributed by atoms with E-state index in [0.29, 0.717) is 13.2 Å². The van der Waals surface area contributed by atoms with Gasteiger partial charge in [-0.1, -0.05) is 13.3 Å². The highest BCUT2D eigenvalue weighted by atomic mass is 16.6. The summed E-state index contributed by atoms with van der Waals surface area (Å²) in [6, 6.07) is 2.42. The van der Waals surface area contributed by atoms with E-state index in [1.54, 1.807) is 0 Å². The van der Waals surface area contributed by atoms with Crippen molar-refractivity contribution in [2.45, 2.75) is 19.8 Å². The standard InChI is InChI=1S/C11H17N3O4/c1-2-3-4-17-5-6-18-11-8-9(14(15)16)7-10(12)13-11/h7-8H,2-6H2,1H3,(H2,12,13). The molecule has 1 aromatic rings. The Morgan fingerprint density at radius 3 is 2.83 bits per heavy atom. The van der Waals surface area contributed by atoms with Crippen LogP contribution in [0.15, 0.2) is 12.1 Å². The van der Waals surface area contributed by atoms with Gasteiger partial charge in [0.05, 0.1) is 23.7 Å². The molecular weight excluding hydrogens is 238 g/mol. The van der Waals surface area contributed by atoms with E-state index in [9.17, 15) is 10.1 Å². The first-order valence-corrected chi connectivity index (χ1v) is 5.76. The minimum Gasteiger partial charge on any atom is -0.475 e. The lowest BCUT2D eigenvalue weighted by Crippen LogP contribution is -2.09. The second-order valence-corrected chi connectivity index (χ2v) is 3.66. The summed E-state index contributed by atoms with van der Waals surface area (Å²) in [5.74, 6) is 0.201. The van der Waals surface area contributed by atoms with Gasteiger partial charge in [0, 0.05) is 6.61 Å². The van der Waals surface area contributed by atoms with Crippen molar-refractivity contribution in [3.8, 4) is 5.88 Å². The lowest BCUT2D eigenvalue weighted by Gasteiger charge is -2.06. The number of rotatable bonds is 8. The summed E-state index contributed by atoms with van der Waals surface area (Å²) < 4.78 is 10.5. The summed E-state index contributed by atoms with van der Waals surface area (Å²) in [7, 11) is 0. The molecule has 18 heavy (non-hydrogen) atoms. The summed E-state index contributed by atoms with van der Waals surface area (Å²) >= 11 is 0. The lowest BCUT2D eigenvalue weighted by molar-refractivity contribution is -0.384. The fraction of sp³-hybridized carbons (Fsp3) is 0.545. The number of hydrogen-bond donors (Lipinski definition) is 1. The van der Waals surface area contributed by atoms with Crippen LogP contribution in [0.5, 0.6) is 5.88 Å². The van der Waals surface area contributed by atoms with Crippen molar-refractivity contribution in [2.75, 3.05) is 25.6 Å². The Hall–Kier alpha value is -1.89. The summed E-state index contributed by atoms with van der Waals surface area (Å²) in [6.45, 7) is 3.47. The van der Waals surface area contributed by atoms with Crippen LogP contribution in [0.3, 0.4) is 0 Å². The molecule has 0 unspecified atom stereocenters. The van der Waals surface area contributed by atoms with Gasteiger partial charge in [0.15, 0.2) is 0 Å². The predicted octanol–water partition coefficient (Wildman–Crippen LogP) is 1.77. The molecule has 0 atom stereocenters. The molecule has 1 rings (SSSR count). The van der Waals surface area contributed by atoms with E-state index in [2.05, 4.69) is 11.9 Å². The maximum absolute atomic E-state index is 10.6. The first kappa shape index (κ1) is 14.2. The van der Waals surface area contributed by atoms with E-state index in [1.165, 1.54) is 12.1 Å². The first-order chi connectivity index (χ1) is 8.63. The molecule has 0 radical (unpaired) electrons. The van der Waals surface area contributed by atoms with Gasteiger partial charge in [0.1, 0.15) is 12.4 Å². The van der Waals surface area contributed by atoms with E-state index < -0.39 is 4.92 Å². The number of aromatic nitrogens is 1. The fourth-order valence-corrected chi connectivity index (χ4v) is 1.24. The third-order valence-electron chi connectivity index (χ3n) is 2.14. The van der Waals surface area contributed by atoms with Crippen LogP contribution in [-0.2, 0) is 4.74 Å². The van der Waals surface area contributed by atoms with Gasteiger partial charge in [-0.2, -0.15) is 4.98 Å². The van der Waals surface area contributed by atoms with Crippen molar-refractivity contribution < 1.29 is 14.4 Å². The second kappa shape index (κ2) is 7.44. The molecule has 0 aliphatic heterocycles. The van der Waals surface area contributed by atoms with E-state index in [0.717, 1.165) is 12.8 Å². The highest BCUT2D eigenvalue weighted by Gasteiger charge is 2.10. The summed E-state index contributed by atoms with van der Waals surface area (Å²) in [4.78, 5) is 13.9. The molecule has 2 N–H and O–H groups in total. The van der Waals surface area contributed by atoms with Gasteiger partial charge >= 0.3 is 0 Å². The minimum absolute atomic E-state index is 0.0612. The number of nitrogens with two attached hydrogens (primary N) is 1. The molecule has 0 saturated heterocycles. The molecule has 0 amide bonds. The SMILES string of the molecule is CCCCOCCOc1cc([N+](=O)[O-])cc(N)n1. The van der Waals surface area contributed by atoms with Gasteiger partial charge in [-0.3, -0.25) is 10.1 Å². The highest BCUT2D eigenvalue weighted by molar-refractivity contribution is 5.45. The topological polar surface area (TPSA) is 101 Å². The number of nitrogens with zero attached hydrogens (tertiary/aromatic N) is 2. The van der Waals surface area contributed by atoms with Crippen LogP contribution in [0.25, 0.3) is 0 Å². The predicted molar refractivity (Wildman–Crippen MR) is 66.5 cm³/mol. The number of anilines is 1. The summed E-state index contributed by atoms with van der Waals surface area (Å²) in [5.41, 5.74) is 5.31. The molecule has 0 spiro atoms. The largest absolute Gasteiger partial charge is 0.475 e. The Bertz CT molecular complexity index is 398. The maximum Gasteiger partial charge on any atom is 0.278 e. The Morgan fingerprint density at radius 2 is 2.17 bits per heavy atom. The van der Waals surface area contributed by atoms with Gasteiger partial charge in [-0.15, -0.1) is 0 Å². The Morgan fingerprint density at radius 1 is 1.39 bits per heavy atom. The first-order valence-electron chi connectivity index (χ1n) is 5.76. The van der Waals surface area contributed by atoms with Crippen molar-refractivity contribution in [1.82, 2.24) is 4.98 Å². The van der Waals surface area contributed by atoms with Crippen LogP contribution in [-0.4, -0.2) is 29.7 Å².